The number of anilines is 2. The Bertz CT molecular complexity index is 506. The Labute approximate surface area is 96.3 Å². The second-order valence-electron chi connectivity index (χ2n) is 3.25. The summed E-state index contributed by atoms with van der Waals surface area (Å²) in [6, 6.07) is 4.08. The van der Waals surface area contributed by atoms with Gasteiger partial charge in [-0.3, -0.25) is 4.79 Å². The van der Waals surface area contributed by atoms with Crippen molar-refractivity contribution in [3.05, 3.63) is 39.1 Å². The quantitative estimate of drug-likeness (QED) is 0.741. The van der Waals surface area contributed by atoms with E-state index < -0.39 is 0 Å². The number of hydrogen-bond acceptors (Lipinski definition) is 5. The molecule has 5 nitrogen and oxygen atoms in total. The number of aromatic amines is 1. The van der Waals surface area contributed by atoms with Gasteiger partial charge in [0.05, 0.1) is 6.33 Å². The molecule has 0 saturated heterocycles. The van der Waals surface area contributed by atoms with Crippen LogP contribution in [-0.2, 0) is 6.42 Å². The van der Waals surface area contributed by atoms with Gasteiger partial charge < -0.3 is 16.0 Å². The number of nitrogen functional groups attached to an aromatic ring is 1. The fourth-order valence-electron chi connectivity index (χ4n) is 1.31. The number of nitrogens with two attached hydrogens (primary N) is 1. The van der Waals surface area contributed by atoms with Crippen molar-refractivity contribution in [1.29, 1.82) is 0 Å². The normalized spacial score (nSPS) is 10.2. The van der Waals surface area contributed by atoms with Gasteiger partial charge in [-0.05, 0) is 17.9 Å². The molecule has 0 radical (unpaired) electrons. The van der Waals surface area contributed by atoms with Crippen molar-refractivity contribution in [1.82, 2.24) is 9.97 Å². The maximum absolute atomic E-state index is 11.2. The van der Waals surface area contributed by atoms with Crippen molar-refractivity contribution in [2.24, 2.45) is 0 Å². The molecule has 2 aromatic rings. The monoisotopic (exact) mass is 236 g/mol. The zero-order valence-corrected chi connectivity index (χ0v) is 9.38. The van der Waals surface area contributed by atoms with Crippen LogP contribution < -0.4 is 16.6 Å². The molecule has 0 fully saturated rings. The predicted molar refractivity (Wildman–Crippen MR) is 65.8 cm³/mol. The van der Waals surface area contributed by atoms with E-state index >= 15 is 0 Å². The Morgan fingerprint density at radius 3 is 3.19 bits per heavy atom. The van der Waals surface area contributed by atoms with Gasteiger partial charge in [0.25, 0.3) is 5.56 Å². The topological polar surface area (TPSA) is 83.8 Å². The van der Waals surface area contributed by atoms with Gasteiger partial charge in [-0.1, -0.05) is 6.07 Å². The molecule has 0 aromatic carbocycles. The van der Waals surface area contributed by atoms with Crippen LogP contribution in [0.2, 0.25) is 0 Å². The maximum atomic E-state index is 11.2. The Balaban J connectivity index is 1.95. The zero-order valence-electron chi connectivity index (χ0n) is 8.56. The van der Waals surface area contributed by atoms with Gasteiger partial charge >= 0.3 is 0 Å². The van der Waals surface area contributed by atoms with E-state index in [4.69, 9.17) is 5.73 Å². The standard InChI is InChI=1S/C10H12N4OS/c11-8-9(13-6-14-10(8)15)12-4-3-7-2-1-5-16-7/h1-2,5-6H,3-4,11H2,(H2,12,13,14,15). The summed E-state index contributed by atoms with van der Waals surface area (Å²) in [5.41, 5.74) is 5.40. The van der Waals surface area contributed by atoms with E-state index in [1.165, 1.54) is 11.2 Å². The zero-order chi connectivity index (χ0) is 11.4. The summed E-state index contributed by atoms with van der Waals surface area (Å²) < 4.78 is 0. The lowest BCUT2D eigenvalue weighted by Crippen LogP contribution is -2.17. The molecule has 2 aromatic heterocycles. The third-order valence-electron chi connectivity index (χ3n) is 2.13. The molecule has 84 valence electrons. The van der Waals surface area contributed by atoms with Crippen LogP contribution >= 0.6 is 11.3 Å². The first-order valence-electron chi connectivity index (χ1n) is 4.87. The molecule has 6 heteroatoms. The molecule has 0 spiro atoms. The molecule has 0 unspecified atom stereocenters. The molecule has 0 saturated carbocycles. The SMILES string of the molecule is Nc1c(NCCc2cccs2)nc[nH]c1=O. The highest BCUT2D eigenvalue weighted by atomic mass is 32.1. The minimum atomic E-state index is -0.311. The van der Waals surface area contributed by atoms with Crippen molar-refractivity contribution in [3.8, 4) is 0 Å². The fraction of sp³-hybridized carbons (Fsp3) is 0.200. The van der Waals surface area contributed by atoms with Crippen LogP contribution in [0.5, 0.6) is 0 Å². The van der Waals surface area contributed by atoms with Crippen LogP contribution in [-0.4, -0.2) is 16.5 Å². The van der Waals surface area contributed by atoms with E-state index in [-0.39, 0.29) is 11.2 Å². The van der Waals surface area contributed by atoms with Crippen molar-refractivity contribution >= 4 is 22.8 Å². The van der Waals surface area contributed by atoms with Crippen molar-refractivity contribution < 1.29 is 0 Å². The molecule has 0 atom stereocenters. The fourth-order valence-corrected chi connectivity index (χ4v) is 2.02. The van der Waals surface area contributed by atoms with Crippen LogP contribution in [0.25, 0.3) is 0 Å². The molecule has 2 heterocycles. The summed E-state index contributed by atoms with van der Waals surface area (Å²) >= 11 is 1.71. The first-order chi connectivity index (χ1) is 7.77. The van der Waals surface area contributed by atoms with Gasteiger partial charge in [0.1, 0.15) is 5.69 Å². The van der Waals surface area contributed by atoms with E-state index in [1.807, 2.05) is 11.4 Å². The minimum Gasteiger partial charge on any atom is -0.391 e. The summed E-state index contributed by atoms with van der Waals surface area (Å²) in [5, 5.41) is 5.08. The average Bonchev–Trinajstić information content (AvgIpc) is 2.77. The predicted octanol–water partition coefficient (Wildman–Crippen LogP) is 1.07. The minimum absolute atomic E-state index is 0.133. The molecule has 16 heavy (non-hydrogen) atoms. The van der Waals surface area contributed by atoms with E-state index in [0.29, 0.717) is 12.4 Å². The van der Waals surface area contributed by atoms with Crippen LogP contribution in [0.1, 0.15) is 4.88 Å². The van der Waals surface area contributed by atoms with Crippen LogP contribution in [0.15, 0.2) is 28.6 Å². The smallest absolute Gasteiger partial charge is 0.276 e. The number of nitrogens with one attached hydrogen (secondary N) is 2. The van der Waals surface area contributed by atoms with Crippen LogP contribution in [0.3, 0.4) is 0 Å². The van der Waals surface area contributed by atoms with Gasteiger partial charge in [-0.15, -0.1) is 11.3 Å². The van der Waals surface area contributed by atoms with Crippen LogP contribution in [0.4, 0.5) is 11.5 Å². The average molecular weight is 236 g/mol. The van der Waals surface area contributed by atoms with Gasteiger partial charge in [-0.25, -0.2) is 4.98 Å². The summed E-state index contributed by atoms with van der Waals surface area (Å²) in [4.78, 5) is 18.8. The molecule has 0 aliphatic heterocycles. The van der Waals surface area contributed by atoms with Crippen molar-refractivity contribution in [2.45, 2.75) is 6.42 Å². The Hall–Kier alpha value is -1.82. The molecule has 0 aliphatic carbocycles. The summed E-state index contributed by atoms with van der Waals surface area (Å²) in [7, 11) is 0. The molecule has 0 amide bonds. The molecular weight excluding hydrogens is 224 g/mol. The number of H-pyrrole nitrogens is 1. The highest BCUT2D eigenvalue weighted by Crippen LogP contribution is 2.11. The van der Waals surface area contributed by atoms with E-state index in [1.54, 1.807) is 11.3 Å². The largest absolute Gasteiger partial charge is 0.391 e. The first kappa shape index (κ1) is 10.7. The van der Waals surface area contributed by atoms with E-state index in [0.717, 1.165) is 6.42 Å². The lowest BCUT2D eigenvalue weighted by Gasteiger charge is -2.05. The number of rotatable bonds is 4. The highest BCUT2D eigenvalue weighted by Gasteiger charge is 2.03. The number of nitrogens with zero attached hydrogens (tertiary/aromatic N) is 1. The Morgan fingerprint density at radius 1 is 1.56 bits per heavy atom. The Kier molecular flexibility index (Phi) is 3.21. The third kappa shape index (κ3) is 2.40. The first-order valence-corrected chi connectivity index (χ1v) is 5.75. The van der Waals surface area contributed by atoms with Crippen LogP contribution in [0, 0.1) is 0 Å². The van der Waals surface area contributed by atoms with Crippen molar-refractivity contribution in [3.63, 3.8) is 0 Å². The maximum Gasteiger partial charge on any atom is 0.276 e. The number of thiophene rings is 1. The van der Waals surface area contributed by atoms with Gasteiger partial charge in [-0.2, -0.15) is 0 Å². The number of hydrogen-bond donors (Lipinski definition) is 3. The molecule has 0 aliphatic rings. The molecule has 4 N–H and O–H groups in total. The lowest BCUT2D eigenvalue weighted by atomic mass is 10.3. The molecule has 2 rings (SSSR count). The third-order valence-corrected chi connectivity index (χ3v) is 3.07. The summed E-state index contributed by atoms with van der Waals surface area (Å²) in [5.74, 6) is 0.445. The highest BCUT2D eigenvalue weighted by molar-refractivity contribution is 7.09. The van der Waals surface area contributed by atoms with E-state index in [2.05, 4.69) is 21.4 Å². The second-order valence-corrected chi connectivity index (χ2v) is 4.28. The lowest BCUT2D eigenvalue weighted by molar-refractivity contribution is 1.01. The second kappa shape index (κ2) is 4.80. The summed E-state index contributed by atoms with van der Waals surface area (Å²) in [6.07, 6.45) is 2.23. The van der Waals surface area contributed by atoms with Gasteiger partial charge in [0.15, 0.2) is 5.82 Å². The van der Waals surface area contributed by atoms with Crippen molar-refractivity contribution in [2.75, 3.05) is 17.6 Å². The van der Waals surface area contributed by atoms with Gasteiger partial charge in [0.2, 0.25) is 0 Å². The Morgan fingerprint density at radius 2 is 2.44 bits per heavy atom. The summed E-state index contributed by atoms with van der Waals surface area (Å²) in [6.45, 7) is 0.709. The van der Waals surface area contributed by atoms with E-state index in [9.17, 15) is 4.79 Å². The molecule has 0 bridgehead atoms. The van der Waals surface area contributed by atoms with Gasteiger partial charge in [0, 0.05) is 11.4 Å². The molecular formula is C10H12N4OS. The number of aromatic nitrogens is 2.